The van der Waals surface area contributed by atoms with Crippen molar-refractivity contribution in [3.8, 4) is 0 Å². The standard InChI is InChI=1S/C13H14F3NO3S/c14-13(15,16)10-1-3-11(4-2-10)17-12(18)7-9-5-6-21(19,20)8-9/h1-4,9H,5-8H2,(H,17,18)/t9-/m1/s1. The molecule has 2 rings (SSSR count). The fourth-order valence-electron chi connectivity index (χ4n) is 2.25. The van der Waals surface area contributed by atoms with E-state index < -0.39 is 27.5 Å². The van der Waals surface area contributed by atoms with Gasteiger partial charge in [0.2, 0.25) is 5.91 Å². The Kier molecular flexibility index (Phi) is 4.27. The zero-order valence-electron chi connectivity index (χ0n) is 11.0. The van der Waals surface area contributed by atoms with Crippen LogP contribution in [0.4, 0.5) is 18.9 Å². The van der Waals surface area contributed by atoms with Gasteiger partial charge in [0.1, 0.15) is 0 Å². The molecule has 116 valence electrons. The van der Waals surface area contributed by atoms with Crippen LogP contribution in [0.3, 0.4) is 0 Å². The largest absolute Gasteiger partial charge is 0.416 e. The number of alkyl halides is 3. The molecule has 1 amide bonds. The van der Waals surface area contributed by atoms with Crippen molar-refractivity contribution in [2.24, 2.45) is 5.92 Å². The lowest BCUT2D eigenvalue weighted by atomic mass is 10.0. The van der Waals surface area contributed by atoms with Gasteiger partial charge in [0.05, 0.1) is 17.1 Å². The number of carbonyl (C=O) groups excluding carboxylic acids is 1. The van der Waals surface area contributed by atoms with Crippen molar-refractivity contribution in [3.05, 3.63) is 29.8 Å². The first-order valence-electron chi connectivity index (χ1n) is 6.33. The molecular weight excluding hydrogens is 307 g/mol. The van der Waals surface area contributed by atoms with Crippen LogP contribution in [0.1, 0.15) is 18.4 Å². The number of sulfone groups is 1. The van der Waals surface area contributed by atoms with Gasteiger partial charge in [0.25, 0.3) is 0 Å². The molecule has 1 saturated heterocycles. The van der Waals surface area contributed by atoms with Crippen molar-refractivity contribution in [2.75, 3.05) is 16.8 Å². The minimum atomic E-state index is -4.42. The van der Waals surface area contributed by atoms with Crippen LogP contribution in [0.25, 0.3) is 0 Å². The number of hydrogen-bond donors (Lipinski definition) is 1. The highest BCUT2D eigenvalue weighted by molar-refractivity contribution is 7.91. The summed E-state index contributed by atoms with van der Waals surface area (Å²) in [6, 6.07) is 4.11. The van der Waals surface area contributed by atoms with Gasteiger partial charge in [-0.15, -0.1) is 0 Å². The smallest absolute Gasteiger partial charge is 0.326 e. The second kappa shape index (κ2) is 5.67. The summed E-state index contributed by atoms with van der Waals surface area (Å²) in [5, 5.41) is 2.47. The summed E-state index contributed by atoms with van der Waals surface area (Å²) in [5.41, 5.74) is -0.531. The van der Waals surface area contributed by atoms with Crippen molar-refractivity contribution in [3.63, 3.8) is 0 Å². The lowest BCUT2D eigenvalue weighted by Gasteiger charge is -2.10. The fraction of sp³-hybridized carbons (Fsp3) is 0.462. The van der Waals surface area contributed by atoms with Crippen LogP contribution in [0.5, 0.6) is 0 Å². The van der Waals surface area contributed by atoms with E-state index in [0.29, 0.717) is 6.42 Å². The van der Waals surface area contributed by atoms with Crippen molar-refractivity contribution < 1.29 is 26.4 Å². The first-order valence-corrected chi connectivity index (χ1v) is 8.15. The highest BCUT2D eigenvalue weighted by atomic mass is 32.2. The lowest BCUT2D eigenvalue weighted by molar-refractivity contribution is -0.137. The van der Waals surface area contributed by atoms with Gasteiger partial charge in [-0.3, -0.25) is 4.79 Å². The Balaban J connectivity index is 1.91. The van der Waals surface area contributed by atoms with E-state index in [4.69, 9.17) is 0 Å². The first-order chi connectivity index (χ1) is 9.66. The summed E-state index contributed by atoms with van der Waals surface area (Å²) in [4.78, 5) is 11.7. The van der Waals surface area contributed by atoms with Gasteiger partial charge < -0.3 is 5.32 Å². The third-order valence-corrected chi connectivity index (χ3v) is 5.13. The molecule has 4 nitrogen and oxygen atoms in total. The summed E-state index contributed by atoms with van der Waals surface area (Å²) in [6.45, 7) is 0. The van der Waals surface area contributed by atoms with Gasteiger partial charge in [0, 0.05) is 12.1 Å². The average Bonchev–Trinajstić information content (AvgIpc) is 2.68. The molecular formula is C13H14F3NO3S. The first kappa shape index (κ1) is 15.8. The third-order valence-electron chi connectivity index (χ3n) is 3.30. The lowest BCUT2D eigenvalue weighted by Crippen LogP contribution is -2.17. The summed E-state index contributed by atoms with van der Waals surface area (Å²) >= 11 is 0. The van der Waals surface area contributed by atoms with Gasteiger partial charge in [-0.05, 0) is 36.6 Å². The van der Waals surface area contributed by atoms with Crippen molar-refractivity contribution in [2.45, 2.75) is 19.0 Å². The minimum absolute atomic E-state index is 0.00652. The van der Waals surface area contributed by atoms with Gasteiger partial charge in [0.15, 0.2) is 9.84 Å². The van der Waals surface area contributed by atoms with Crippen LogP contribution < -0.4 is 5.32 Å². The number of rotatable bonds is 3. The quantitative estimate of drug-likeness (QED) is 0.930. The van der Waals surface area contributed by atoms with Gasteiger partial charge in [-0.25, -0.2) is 8.42 Å². The van der Waals surface area contributed by atoms with E-state index in [9.17, 15) is 26.4 Å². The Morgan fingerprint density at radius 2 is 1.86 bits per heavy atom. The van der Waals surface area contributed by atoms with E-state index in [-0.39, 0.29) is 29.5 Å². The molecule has 21 heavy (non-hydrogen) atoms. The molecule has 0 aliphatic carbocycles. The Bertz CT molecular complexity index is 623. The Morgan fingerprint density at radius 3 is 2.33 bits per heavy atom. The Labute approximate surface area is 120 Å². The molecule has 0 radical (unpaired) electrons. The number of nitrogens with one attached hydrogen (secondary N) is 1. The van der Waals surface area contributed by atoms with Crippen molar-refractivity contribution in [1.82, 2.24) is 0 Å². The van der Waals surface area contributed by atoms with Crippen LogP contribution in [0.2, 0.25) is 0 Å². The van der Waals surface area contributed by atoms with Crippen LogP contribution in [-0.4, -0.2) is 25.8 Å². The van der Waals surface area contributed by atoms with E-state index in [0.717, 1.165) is 12.1 Å². The Hall–Kier alpha value is -1.57. The normalized spacial score (nSPS) is 21.2. The molecule has 0 unspecified atom stereocenters. The maximum atomic E-state index is 12.4. The molecule has 0 aromatic heterocycles. The second-order valence-electron chi connectivity index (χ2n) is 5.10. The Morgan fingerprint density at radius 1 is 1.24 bits per heavy atom. The van der Waals surface area contributed by atoms with E-state index >= 15 is 0 Å². The second-order valence-corrected chi connectivity index (χ2v) is 7.33. The van der Waals surface area contributed by atoms with E-state index in [1.807, 2.05) is 0 Å². The topological polar surface area (TPSA) is 63.2 Å². The predicted octanol–water partition coefficient (Wildman–Crippen LogP) is 2.47. The summed E-state index contributed by atoms with van der Waals surface area (Å²) < 4.78 is 59.7. The molecule has 1 atom stereocenters. The number of benzene rings is 1. The van der Waals surface area contributed by atoms with E-state index in [2.05, 4.69) is 5.32 Å². The van der Waals surface area contributed by atoms with E-state index in [1.54, 1.807) is 0 Å². The molecule has 1 N–H and O–H groups in total. The molecule has 1 aliphatic heterocycles. The molecule has 1 fully saturated rings. The van der Waals surface area contributed by atoms with Crippen LogP contribution in [0, 0.1) is 5.92 Å². The van der Waals surface area contributed by atoms with Crippen LogP contribution in [0.15, 0.2) is 24.3 Å². The number of carbonyl (C=O) groups is 1. The molecule has 1 aromatic rings. The molecule has 0 bridgehead atoms. The minimum Gasteiger partial charge on any atom is -0.326 e. The molecule has 8 heteroatoms. The highest BCUT2D eigenvalue weighted by Gasteiger charge is 2.31. The molecule has 1 aliphatic rings. The average molecular weight is 321 g/mol. The fourth-order valence-corrected chi connectivity index (χ4v) is 4.11. The van der Waals surface area contributed by atoms with Crippen molar-refractivity contribution >= 4 is 21.4 Å². The van der Waals surface area contributed by atoms with Gasteiger partial charge in [-0.2, -0.15) is 13.2 Å². The summed E-state index contributed by atoms with van der Waals surface area (Å²) in [6.07, 6.45) is -3.91. The monoisotopic (exact) mass is 321 g/mol. The van der Waals surface area contributed by atoms with E-state index in [1.165, 1.54) is 12.1 Å². The van der Waals surface area contributed by atoms with Gasteiger partial charge in [-0.1, -0.05) is 0 Å². The highest BCUT2D eigenvalue weighted by Crippen LogP contribution is 2.30. The summed E-state index contributed by atoms with van der Waals surface area (Å²) in [5.74, 6) is -0.528. The third kappa shape index (κ3) is 4.45. The number of hydrogen-bond acceptors (Lipinski definition) is 3. The molecule has 0 saturated carbocycles. The van der Waals surface area contributed by atoms with Crippen LogP contribution in [-0.2, 0) is 20.8 Å². The molecule has 0 spiro atoms. The predicted molar refractivity (Wildman–Crippen MR) is 71.5 cm³/mol. The van der Waals surface area contributed by atoms with Gasteiger partial charge >= 0.3 is 6.18 Å². The maximum Gasteiger partial charge on any atom is 0.416 e. The number of amides is 1. The number of halogens is 3. The molecule has 1 heterocycles. The zero-order chi connectivity index (χ0) is 15.7. The number of anilines is 1. The SMILES string of the molecule is O=C(C[C@H]1CCS(=O)(=O)C1)Nc1ccc(C(F)(F)F)cc1. The maximum absolute atomic E-state index is 12.4. The summed E-state index contributed by atoms with van der Waals surface area (Å²) in [7, 11) is -3.04. The van der Waals surface area contributed by atoms with Crippen LogP contribution >= 0.6 is 0 Å². The van der Waals surface area contributed by atoms with Crippen molar-refractivity contribution in [1.29, 1.82) is 0 Å². The molecule has 1 aromatic carbocycles. The zero-order valence-corrected chi connectivity index (χ0v) is 11.8.